The predicted octanol–water partition coefficient (Wildman–Crippen LogP) is 3.27. The number of hydrogen-bond donors (Lipinski definition) is 2. The van der Waals surface area contributed by atoms with Crippen LogP contribution in [0, 0.1) is 0 Å². The third-order valence-electron chi connectivity index (χ3n) is 2.70. The van der Waals surface area contributed by atoms with Gasteiger partial charge in [0, 0.05) is 10.8 Å². The van der Waals surface area contributed by atoms with Crippen molar-refractivity contribution in [2.24, 2.45) is 10.2 Å². The average molecular weight is 254 g/mol. The van der Waals surface area contributed by atoms with Gasteiger partial charge >= 0.3 is 5.91 Å². The van der Waals surface area contributed by atoms with E-state index in [9.17, 15) is 4.79 Å². The highest BCUT2D eigenvalue weighted by Gasteiger charge is 2.09. The average Bonchev–Trinajstić information content (AvgIpc) is 3.06. The third kappa shape index (κ3) is 1.99. The number of nitrogens with zero attached hydrogens (tertiary/aromatic N) is 2. The Morgan fingerprint density at radius 1 is 1.16 bits per heavy atom. The molecule has 6 heteroatoms. The molecule has 0 bridgehead atoms. The lowest BCUT2D eigenvalue weighted by atomic mass is 10.2. The number of azo groups is 1. The van der Waals surface area contributed by atoms with Crippen molar-refractivity contribution in [1.82, 2.24) is 4.98 Å². The summed E-state index contributed by atoms with van der Waals surface area (Å²) in [6.45, 7) is 0. The standard InChI is InChI=1S/C13H10N4O2/c14-11-8-4-1-2-5-9(8)12(15-11)16-17-13(18)10-6-3-7-19-10/h1-7,15H,14H2. The zero-order valence-electron chi connectivity index (χ0n) is 9.83. The Labute approximate surface area is 107 Å². The van der Waals surface area contributed by atoms with Gasteiger partial charge in [0.2, 0.25) is 0 Å². The normalized spacial score (nSPS) is 11.4. The number of furan rings is 1. The number of aromatic amines is 1. The summed E-state index contributed by atoms with van der Waals surface area (Å²) in [5, 5.41) is 9.16. The molecule has 0 saturated carbocycles. The van der Waals surface area contributed by atoms with Crippen molar-refractivity contribution < 1.29 is 9.21 Å². The molecule has 1 amide bonds. The summed E-state index contributed by atoms with van der Waals surface area (Å²) in [6, 6.07) is 10.6. The maximum Gasteiger partial charge on any atom is 0.331 e. The molecule has 19 heavy (non-hydrogen) atoms. The summed E-state index contributed by atoms with van der Waals surface area (Å²) < 4.78 is 4.94. The van der Waals surface area contributed by atoms with Gasteiger partial charge in [0.25, 0.3) is 0 Å². The van der Waals surface area contributed by atoms with Gasteiger partial charge in [0.05, 0.1) is 6.26 Å². The van der Waals surface area contributed by atoms with Crippen LogP contribution < -0.4 is 5.73 Å². The van der Waals surface area contributed by atoms with Crippen molar-refractivity contribution in [1.29, 1.82) is 0 Å². The lowest BCUT2D eigenvalue weighted by molar-refractivity contribution is 0.0968. The van der Waals surface area contributed by atoms with Crippen molar-refractivity contribution in [3.05, 3.63) is 48.4 Å². The van der Waals surface area contributed by atoms with Crippen molar-refractivity contribution in [3.8, 4) is 0 Å². The van der Waals surface area contributed by atoms with Gasteiger partial charge in [0.1, 0.15) is 5.82 Å². The number of fused-ring (bicyclic) bond motifs is 1. The number of carbonyl (C=O) groups is 1. The molecule has 0 aliphatic carbocycles. The highest BCUT2D eigenvalue weighted by molar-refractivity contribution is 6.00. The van der Waals surface area contributed by atoms with Crippen molar-refractivity contribution in [3.63, 3.8) is 0 Å². The molecule has 1 aromatic carbocycles. The number of aromatic nitrogens is 1. The summed E-state index contributed by atoms with van der Waals surface area (Å²) in [5.74, 6) is 0.554. The molecule has 0 aliphatic heterocycles. The van der Waals surface area contributed by atoms with Crippen LogP contribution in [-0.2, 0) is 0 Å². The third-order valence-corrected chi connectivity index (χ3v) is 2.70. The van der Waals surface area contributed by atoms with E-state index in [2.05, 4.69) is 15.2 Å². The summed E-state index contributed by atoms with van der Waals surface area (Å²) in [4.78, 5) is 14.5. The fraction of sp³-hybridized carbons (Fsp3) is 0. The molecule has 0 fully saturated rings. The van der Waals surface area contributed by atoms with Crippen LogP contribution in [0.25, 0.3) is 10.8 Å². The molecule has 0 spiro atoms. The molecule has 0 unspecified atom stereocenters. The molecule has 3 aromatic rings. The zero-order valence-corrected chi connectivity index (χ0v) is 9.83. The fourth-order valence-electron chi connectivity index (χ4n) is 1.81. The van der Waals surface area contributed by atoms with Gasteiger partial charge in [-0.2, -0.15) is 0 Å². The molecule has 6 nitrogen and oxygen atoms in total. The minimum absolute atomic E-state index is 0.146. The highest BCUT2D eigenvalue weighted by atomic mass is 16.3. The van der Waals surface area contributed by atoms with Crippen LogP contribution >= 0.6 is 0 Å². The van der Waals surface area contributed by atoms with E-state index in [-0.39, 0.29) is 5.76 Å². The van der Waals surface area contributed by atoms with Crippen molar-refractivity contribution >= 4 is 28.3 Å². The van der Waals surface area contributed by atoms with Crippen LogP contribution in [0.1, 0.15) is 10.6 Å². The van der Waals surface area contributed by atoms with Crippen LogP contribution in [-0.4, -0.2) is 10.9 Å². The Bertz CT molecular complexity index is 756. The van der Waals surface area contributed by atoms with Crippen LogP contribution in [0.15, 0.2) is 57.3 Å². The van der Waals surface area contributed by atoms with Gasteiger partial charge in [-0.3, -0.25) is 4.79 Å². The molecule has 0 aliphatic rings. The van der Waals surface area contributed by atoms with Gasteiger partial charge in [0.15, 0.2) is 11.6 Å². The van der Waals surface area contributed by atoms with Crippen molar-refractivity contribution in [2.75, 3.05) is 5.73 Å². The molecule has 2 heterocycles. The largest absolute Gasteiger partial charge is 0.459 e. The number of carbonyl (C=O) groups excluding carboxylic acids is 1. The Morgan fingerprint density at radius 3 is 2.68 bits per heavy atom. The number of nitrogen functional groups attached to an aromatic ring is 1. The van der Waals surface area contributed by atoms with Crippen LogP contribution in [0.3, 0.4) is 0 Å². The lowest BCUT2D eigenvalue weighted by Gasteiger charge is -1.89. The number of nitrogens with one attached hydrogen (secondary N) is 1. The van der Waals surface area contributed by atoms with E-state index in [1.54, 1.807) is 6.07 Å². The number of nitrogens with two attached hydrogens (primary N) is 1. The number of anilines is 1. The van der Waals surface area contributed by atoms with Gasteiger partial charge < -0.3 is 15.1 Å². The second-order valence-electron chi connectivity index (χ2n) is 3.92. The van der Waals surface area contributed by atoms with E-state index in [1.807, 2.05) is 24.3 Å². The Hall–Kier alpha value is -2.89. The lowest BCUT2D eigenvalue weighted by Crippen LogP contribution is -1.89. The topological polar surface area (TPSA) is 96.7 Å². The predicted molar refractivity (Wildman–Crippen MR) is 70.3 cm³/mol. The minimum atomic E-state index is -0.540. The molecule has 94 valence electrons. The van der Waals surface area contributed by atoms with Gasteiger partial charge in [-0.25, -0.2) is 0 Å². The van der Waals surface area contributed by atoms with E-state index in [4.69, 9.17) is 10.2 Å². The van der Waals surface area contributed by atoms with Crippen LogP contribution in [0.5, 0.6) is 0 Å². The molecule has 3 N–H and O–H groups in total. The van der Waals surface area contributed by atoms with E-state index < -0.39 is 5.91 Å². The van der Waals surface area contributed by atoms with E-state index in [1.165, 1.54) is 12.3 Å². The van der Waals surface area contributed by atoms with Crippen molar-refractivity contribution in [2.45, 2.75) is 0 Å². The number of benzene rings is 1. The summed E-state index contributed by atoms with van der Waals surface area (Å²) in [6.07, 6.45) is 1.41. The smallest absolute Gasteiger partial charge is 0.331 e. The minimum Gasteiger partial charge on any atom is -0.459 e. The quantitative estimate of drug-likeness (QED) is 0.687. The molecule has 2 aromatic heterocycles. The fourth-order valence-corrected chi connectivity index (χ4v) is 1.81. The first kappa shape index (κ1) is 11.2. The maximum atomic E-state index is 11.6. The van der Waals surface area contributed by atoms with Crippen LogP contribution in [0.4, 0.5) is 11.6 Å². The number of H-pyrrole nitrogens is 1. The number of hydrogen-bond acceptors (Lipinski definition) is 4. The molecule has 3 rings (SSSR count). The van der Waals surface area contributed by atoms with E-state index in [0.29, 0.717) is 11.6 Å². The SMILES string of the molecule is Nc1[nH]c(N=NC(=O)c2ccco2)c2ccccc12. The monoisotopic (exact) mass is 254 g/mol. The molecular formula is C13H10N4O2. The molecule has 0 saturated heterocycles. The summed E-state index contributed by atoms with van der Waals surface area (Å²) in [7, 11) is 0. The number of amides is 1. The zero-order chi connectivity index (χ0) is 13.2. The Kier molecular flexibility index (Phi) is 2.60. The Balaban J connectivity index is 1.96. The molecular weight excluding hydrogens is 244 g/mol. The first-order chi connectivity index (χ1) is 9.25. The summed E-state index contributed by atoms with van der Waals surface area (Å²) in [5.41, 5.74) is 5.82. The first-order valence-corrected chi connectivity index (χ1v) is 5.61. The van der Waals surface area contributed by atoms with Gasteiger partial charge in [-0.1, -0.05) is 24.3 Å². The maximum absolute atomic E-state index is 11.6. The van der Waals surface area contributed by atoms with E-state index >= 15 is 0 Å². The highest BCUT2D eigenvalue weighted by Crippen LogP contribution is 2.30. The molecule has 0 radical (unpaired) electrons. The Morgan fingerprint density at radius 2 is 1.95 bits per heavy atom. The summed E-state index contributed by atoms with van der Waals surface area (Å²) >= 11 is 0. The van der Waals surface area contributed by atoms with Crippen LogP contribution in [0.2, 0.25) is 0 Å². The van der Waals surface area contributed by atoms with E-state index in [0.717, 1.165) is 10.8 Å². The van der Waals surface area contributed by atoms with Gasteiger partial charge in [-0.05, 0) is 12.1 Å². The first-order valence-electron chi connectivity index (χ1n) is 5.61. The molecule has 0 atom stereocenters. The second kappa shape index (κ2) is 4.41. The number of rotatable bonds is 2. The van der Waals surface area contributed by atoms with Gasteiger partial charge in [-0.15, -0.1) is 10.2 Å². The second-order valence-corrected chi connectivity index (χ2v) is 3.92.